The number of nitrogens with one attached hydrogen (secondary N) is 1. The molecule has 0 atom stereocenters. The third kappa shape index (κ3) is 2.88. The number of para-hydroxylation sites is 2. The molecule has 3 rings (SSSR count). The summed E-state index contributed by atoms with van der Waals surface area (Å²) in [6, 6.07) is 16.4. The van der Waals surface area contributed by atoms with Gasteiger partial charge >= 0.3 is 0 Å². The van der Waals surface area contributed by atoms with Gasteiger partial charge in [0, 0.05) is 16.8 Å². The third-order valence-corrected chi connectivity index (χ3v) is 3.73. The topological polar surface area (TPSA) is 29.9 Å². The zero-order chi connectivity index (χ0) is 14.8. The fourth-order valence-corrected chi connectivity index (χ4v) is 2.67. The van der Waals surface area contributed by atoms with Crippen LogP contribution in [0.15, 0.2) is 48.5 Å². The number of hydrogen-bond acceptors (Lipinski definition) is 2. The Balaban J connectivity index is 1.89. The van der Waals surface area contributed by atoms with Crippen molar-refractivity contribution >= 4 is 28.3 Å². The monoisotopic (exact) mass is 299 g/mol. The first-order valence-corrected chi connectivity index (χ1v) is 7.48. The Morgan fingerprint density at radius 2 is 1.81 bits per heavy atom. The molecule has 1 heterocycles. The highest BCUT2D eigenvalue weighted by Crippen LogP contribution is 2.22. The summed E-state index contributed by atoms with van der Waals surface area (Å²) in [5, 5.41) is 4.15. The summed E-state index contributed by atoms with van der Waals surface area (Å²) < 4.78 is 2.28. The maximum absolute atomic E-state index is 5.90. The van der Waals surface area contributed by atoms with E-state index < -0.39 is 0 Å². The second-order valence-electron chi connectivity index (χ2n) is 5.34. The molecule has 0 radical (unpaired) electrons. The number of fused-ring (bicyclic) bond motifs is 1. The summed E-state index contributed by atoms with van der Waals surface area (Å²) >= 11 is 5.90. The lowest BCUT2D eigenvalue weighted by atomic mass is 10.3. The van der Waals surface area contributed by atoms with Gasteiger partial charge in [0.25, 0.3) is 0 Å². The third-order valence-electron chi connectivity index (χ3n) is 3.48. The first-order valence-electron chi connectivity index (χ1n) is 7.10. The number of imidazole rings is 1. The first-order chi connectivity index (χ1) is 10.1. The van der Waals surface area contributed by atoms with Crippen molar-refractivity contribution in [2.75, 3.05) is 5.32 Å². The molecule has 108 valence electrons. The second-order valence-corrected chi connectivity index (χ2v) is 5.78. The number of halogens is 1. The number of hydrogen-bond donors (Lipinski definition) is 1. The zero-order valence-corrected chi connectivity index (χ0v) is 12.9. The van der Waals surface area contributed by atoms with Gasteiger partial charge in [0.15, 0.2) is 0 Å². The van der Waals surface area contributed by atoms with Gasteiger partial charge in [-0.25, -0.2) is 4.98 Å². The molecule has 3 aromatic rings. The predicted octanol–water partition coefficient (Wildman–Crippen LogP) is 4.88. The van der Waals surface area contributed by atoms with Crippen molar-refractivity contribution in [3.05, 3.63) is 59.4 Å². The molecule has 0 aliphatic heterocycles. The number of benzene rings is 2. The second kappa shape index (κ2) is 5.78. The van der Waals surface area contributed by atoms with E-state index >= 15 is 0 Å². The Morgan fingerprint density at radius 1 is 1.10 bits per heavy atom. The quantitative estimate of drug-likeness (QED) is 0.744. The van der Waals surface area contributed by atoms with E-state index in [1.165, 1.54) is 5.52 Å². The number of rotatable bonds is 4. The Labute approximate surface area is 129 Å². The maximum atomic E-state index is 5.90. The molecule has 3 nitrogen and oxygen atoms in total. The summed E-state index contributed by atoms with van der Waals surface area (Å²) in [6.07, 6.45) is 0. The zero-order valence-electron chi connectivity index (χ0n) is 12.2. The fraction of sp³-hybridized carbons (Fsp3) is 0.235. The number of aromatic nitrogens is 2. The van der Waals surface area contributed by atoms with Crippen LogP contribution in [-0.2, 0) is 6.54 Å². The molecule has 0 unspecified atom stereocenters. The average Bonchev–Trinajstić information content (AvgIpc) is 2.85. The van der Waals surface area contributed by atoms with Gasteiger partial charge in [0.05, 0.1) is 17.6 Å². The highest BCUT2D eigenvalue weighted by atomic mass is 35.5. The van der Waals surface area contributed by atoms with E-state index in [1.807, 2.05) is 30.3 Å². The van der Waals surface area contributed by atoms with Crippen molar-refractivity contribution in [1.29, 1.82) is 0 Å². The van der Waals surface area contributed by atoms with Crippen molar-refractivity contribution in [1.82, 2.24) is 9.55 Å². The van der Waals surface area contributed by atoms with Crippen molar-refractivity contribution < 1.29 is 0 Å². The SMILES string of the molecule is CC(C)n1c(CNc2ccc(Cl)cc2)nc2ccccc21. The Hall–Kier alpha value is -2.00. The molecular formula is C17H18ClN3. The molecule has 1 N–H and O–H groups in total. The number of nitrogens with zero attached hydrogens (tertiary/aromatic N) is 2. The lowest BCUT2D eigenvalue weighted by molar-refractivity contribution is 0.589. The standard InChI is InChI=1S/C17H18ClN3/c1-12(2)21-16-6-4-3-5-15(16)20-17(21)11-19-14-9-7-13(18)8-10-14/h3-10,12,19H,11H2,1-2H3. The highest BCUT2D eigenvalue weighted by molar-refractivity contribution is 6.30. The summed E-state index contributed by atoms with van der Waals surface area (Å²) in [5.74, 6) is 1.04. The van der Waals surface area contributed by atoms with E-state index in [9.17, 15) is 0 Å². The largest absolute Gasteiger partial charge is 0.378 e. The van der Waals surface area contributed by atoms with Crippen LogP contribution in [0.25, 0.3) is 11.0 Å². The van der Waals surface area contributed by atoms with Crippen LogP contribution < -0.4 is 5.32 Å². The van der Waals surface area contributed by atoms with E-state index in [0.717, 1.165) is 22.1 Å². The molecule has 1 aromatic heterocycles. The molecule has 0 aliphatic carbocycles. The molecule has 0 spiro atoms. The number of anilines is 1. The van der Waals surface area contributed by atoms with Crippen LogP contribution in [0.1, 0.15) is 25.7 Å². The van der Waals surface area contributed by atoms with Crippen LogP contribution in [0.5, 0.6) is 0 Å². The molecule has 0 saturated carbocycles. The van der Waals surface area contributed by atoms with E-state index in [2.05, 4.69) is 41.9 Å². The summed E-state index contributed by atoms with van der Waals surface area (Å²) in [6.45, 7) is 5.05. The maximum Gasteiger partial charge on any atom is 0.129 e. The Morgan fingerprint density at radius 3 is 2.52 bits per heavy atom. The molecule has 21 heavy (non-hydrogen) atoms. The molecule has 4 heteroatoms. The molecule has 0 amide bonds. The van der Waals surface area contributed by atoms with Crippen LogP contribution in [0.4, 0.5) is 5.69 Å². The van der Waals surface area contributed by atoms with Gasteiger partial charge in [0.2, 0.25) is 0 Å². The molecule has 0 bridgehead atoms. The van der Waals surface area contributed by atoms with Gasteiger partial charge in [-0.1, -0.05) is 23.7 Å². The van der Waals surface area contributed by atoms with Gasteiger partial charge in [-0.15, -0.1) is 0 Å². The van der Waals surface area contributed by atoms with Crippen molar-refractivity contribution in [2.45, 2.75) is 26.4 Å². The normalized spacial score (nSPS) is 11.2. The van der Waals surface area contributed by atoms with Gasteiger partial charge in [0.1, 0.15) is 5.82 Å². The van der Waals surface area contributed by atoms with Crippen LogP contribution in [0.2, 0.25) is 5.02 Å². The Bertz CT molecular complexity index is 744. The van der Waals surface area contributed by atoms with Gasteiger partial charge in [-0.3, -0.25) is 0 Å². The van der Waals surface area contributed by atoms with E-state index in [1.54, 1.807) is 0 Å². The van der Waals surface area contributed by atoms with E-state index in [-0.39, 0.29) is 0 Å². The van der Waals surface area contributed by atoms with E-state index in [4.69, 9.17) is 16.6 Å². The molecule has 2 aromatic carbocycles. The predicted molar refractivity (Wildman–Crippen MR) is 88.9 cm³/mol. The van der Waals surface area contributed by atoms with Gasteiger partial charge in [-0.05, 0) is 50.2 Å². The Kier molecular flexibility index (Phi) is 3.84. The van der Waals surface area contributed by atoms with Crippen molar-refractivity contribution in [2.24, 2.45) is 0 Å². The lowest BCUT2D eigenvalue weighted by Gasteiger charge is -2.14. The minimum Gasteiger partial charge on any atom is -0.378 e. The molecule has 0 fully saturated rings. The average molecular weight is 300 g/mol. The van der Waals surface area contributed by atoms with Gasteiger partial charge < -0.3 is 9.88 Å². The summed E-state index contributed by atoms with van der Waals surface area (Å²) in [5.41, 5.74) is 3.27. The summed E-state index contributed by atoms with van der Waals surface area (Å²) in [4.78, 5) is 4.74. The first kappa shape index (κ1) is 14.0. The van der Waals surface area contributed by atoms with Crippen LogP contribution in [-0.4, -0.2) is 9.55 Å². The van der Waals surface area contributed by atoms with Crippen LogP contribution in [0, 0.1) is 0 Å². The molecule has 0 aliphatic rings. The van der Waals surface area contributed by atoms with E-state index in [0.29, 0.717) is 12.6 Å². The molecule has 0 saturated heterocycles. The summed E-state index contributed by atoms with van der Waals surface area (Å²) in [7, 11) is 0. The molecular weight excluding hydrogens is 282 g/mol. The van der Waals surface area contributed by atoms with Crippen molar-refractivity contribution in [3.63, 3.8) is 0 Å². The van der Waals surface area contributed by atoms with Crippen LogP contribution >= 0.6 is 11.6 Å². The minimum absolute atomic E-state index is 0.374. The van der Waals surface area contributed by atoms with Crippen LogP contribution in [0.3, 0.4) is 0 Å². The fourth-order valence-electron chi connectivity index (χ4n) is 2.54. The lowest BCUT2D eigenvalue weighted by Crippen LogP contribution is -2.10. The smallest absolute Gasteiger partial charge is 0.129 e. The highest BCUT2D eigenvalue weighted by Gasteiger charge is 2.12. The minimum atomic E-state index is 0.374. The van der Waals surface area contributed by atoms with Crippen molar-refractivity contribution in [3.8, 4) is 0 Å². The van der Waals surface area contributed by atoms with Gasteiger partial charge in [-0.2, -0.15) is 0 Å².